The van der Waals surface area contributed by atoms with Crippen LogP contribution >= 0.6 is 0 Å². The Kier molecular flexibility index (Phi) is 3.53. The van der Waals surface area contributed by atoms with E-state index in [4.69, 9.17) is 0 Å². The van der Waals surface area contributed by atoms with Gasteiger partial charge in [0.05, 0.1) is 17.5 Å². The highest BCUT2D eigenvalue weighted by molar-refractivity contribution is 5.96. The number of hydrogen-bond acceptors (Lipinski definition) is 4. The Morgan fingerprint density at radius 1 is 1.35 bits per heavy atom. The molecule has 2 aliphatic heterocycles. The first-order valence-corrected chi connectivity index (χ1v) is 7.24. The van der Waals surface area contributed by atoms with E-state index in [-0.39, 0.29) is 17.9 Å². The van der Waals surface area contributed by atoms with Crippen LogP contribution in [0.2, 0.25) is 0 Å². The van der Waals surface area contributed by atoms with E-state index >= 15 is 0 Å². The Morgan fingerprint density at radius 2 is 2.10 bits per heavy atom. The number of amides is 1. The van der Waals surface area contributed by atoms with Gasteiger partial charge in [0.2, 0.25) is 0 Å². The molecule has 3 N–H and O–H groups in total. The highest BCUT2D eigenvalue weighted by Crippen LogP contribution is 2.27. The summed E-state index contributed by atoms with van der Waals surface area (Å²) in [5.74, 6) is 0.264. The lowest BCUT2D eigenvalue weighted by Gasteiger charge is -2.22. The Hall–Kier alpha value is -1.75. The average molecular weight is 275 g/mol. The van der Waals surface area contributed by atoms with Crippen molar-refractivity contribution in [3.8, 4) is 0 Å². The number of aliphatic hydroxyl groups is 1. The summed E-state index contributed by atoms with van der Waals surface area (Å²) in [4.78, 5) is 14.3. The molecule has 0 aromatic heterocycles. The Bertz CT molecular complexity index is 516. The van der Waals surface area contributed by atoms with Gasteiger partial charge in [-0.2, -0.15) is 0 Å². The van der Waals surface area contributed by atoms with Crippen molar-refractivity contribution in [2.24, 2.45) is 5.92 Å². The van der Waals surface area contributed by atoms with E-state index in [2.05, 4.69) is 10.6 Å². The fourth-order valence-electron chi connectivity index (χ4n) is 2.92. The summed E-state index contributed by atoms with van der Waals surface area (Å²) in [7, 11) is 0. The zero-order valence-electron chi connectivity index (χ0n) is 11.7. The summed E-state index contributed by atoms with van der Waals surface area (Å²) >= 11 is 0. The largest absolute Gasteiger partial charge is 0.393 e. The summed E-state index contributed by atoms with van der Waals surface area (Å²) < 4.78 is 0. The molecule has 1 saturated heterocycles. The Labute approximate surface area is 119 Å². The second-order valence-electron chi connectivity index (χ2n) is 5.65. The molecule has 3 rings (SSSR count). The second-order valence-corrected chi connectivity index (χ2v) is 5.65. The molecule has 2 aliphatic rings. The van der Waals surface area contributed by atoms with Gasteiger partial charge < -0.3 is 20.6 Å². The number of aliphatic hydroxyl groups excluding tert-OH is 1. The molecule has 2 atom stereocenters. The molecule has 0 aliphatic carbocycles. The van der Waals surface area contributed by atoms with Crippen LogP contribution in [-0.4, -0.2) is 48.2 Å². The van der Waals surface area contributed by atoms with E-state index in [0.29, 0.717) is 12.1 Å². The number of hydrogen-bond donors (Lipinski definition) is 3. The number of nitrogens with zero attached hydrogens (tertiary/aromatic N) is 1. The summed E-state index contributed by atoms with van der Waals surface area (Å²) in [5.41, 5.74) is 2.76. The van der Waals surface area contributed by atoms with E-state index in [1.54, 1.807) is 6.92 Å². The van der Waals surface area contributed by atoms with Crippen LogP contribution in [0.1, 0.15) is 23.7 Å². The van der Waals surface area contributed by atoms with Crippen LogP contribution in [-0.2, 0) is 0 Å². The van der Waals surface area contributed by atoms with Crippen LogP contribution in [0.15, 0.2) is 18.2 Å². The van der Waals surface area contributed by atoms with Crippen LogP contribution in [0.3, 0.4) is 0 Å². The molecule has 0 spiro atoms. The SMILES string of the molecule is CC(O)C1CCN(C(=O)c2ccc3c(c2)NCCN3)C1. The monoisotopic (exact) mass is 275 g/mol. The summed E-state index contributed by atoms with van der Waals surface area (Å²) in [6, 6.07) is 5.74. The second kappa shape index (κ2) is 5.32. The van der Waals surface area contributed by atoms with Crippen LogP contribution in [0.25, 0.3) is 0 Å². The van der Waals surface area contributed by atoms with Crippen molar-refractivity contribution in [1.82, 2.24) is 4.90 Å². The van der Waals surface area contributed by atoms with Crippen molar-refractivity contribution < 1.29 is 9.90 Å². The van der Waals surface area contributed by atoms with E-state index in [0.717, 1.165) is 37.4 Å². The van der Waals surface area contributed by atoms with Gasteiger partial charge in [0.1, 0.15) is 0 Å². The average Bonchev–Trinajstić information content (AvgIpc) is 2.96. The molecule has 0 bridgehead atoms. The molecule has 0 radical (unpaired) electrons. The van der Waals surface area contributed by atoms with Gasteiger partial charge >= 0.3 is 0 Å². The fourth-order valence-corrected chi connectivity index (χ4v) is 2.92. The molecular formula is C15H21N3O2. The standard InChI is InChI=1S/C15H21N3O2/c1-10(19)12-4-7-18(9-12)15(20)11-2-3-13-14(8-11)17-6-5-16-13/h2-3,8,10,12,16-17,19H,4-7,9H2,1H3. The maximum Gasteiger partial charge on any atom is 0.253 e. The number of fused-ring (bicyclic) bond motifs is 1. The predicted molar refractivity (Wildman–Crippen MR) is 79.1 cm³/mol. The van der Waals surface area contributed by atoms with Gasteiger partial charge in [-0.05, 0) is 31.5 Å². The van der Waals surface area contributed by atoms with E-state index in [1.807, 2.05) is 23.1 Å². The van der Waals surface area contributed by atoms with Crippen LogP contribution in [0.4, 0.5) is 11.4 Å². The number of carbonyl (C=O) groups is 1. The first-order valence-electron chi connectivity index (χ1n) is 7.24. The minimum absolute atomic E-state index is 0.0586. The molecule has 1 aromatic carbocycles. The normalized spacial score (nSPS) is 22.7. The highest BCUT2D eigenvalue weighted by atomic mass is 16.3. The number of rotatable bonds is 2. The van der Waals surface area contributed by atoms with Crippen molar-refractivity contribution in [2.75, 3.05) is 36.8 Å². The van der Waals surface area contributed by atoms with E-state index < -0.39 is 0 Å². The van der Waals surface area contributed by atoms with Gasteiger partial charge in [-0.15, -0.1) is 0 Å². The molecular weight excluding hydrogens is 254 g/mol. The first-order chi connectivity index (χ1) is 9.65. The molecule has 20 heavy (non-hydrogen) atoms. The smallest absolute Gasteiger partial charge is 0.253 e. The van der Waals surface area contributed by atoms with Gasteiger partial charge in [-0.25, -0.2) is 0 Å². The maximum atomic E-state index is 12.5. The van der Waals surface area contributed by atoms with Gasteiger partial charge in [0.25, 0.3) is 5.91 Å². The molecule has 2 unspecified atom stereocenters. The van der Waals surface area contributed by atoms with E-state index in [1.165, 1.54) is 0 Å². The van der Waals surface area contributed by atoms with Crippen molar-refractivity contribution >= 4 is 17.3 Å². The molecule has 5 heteroatoms. The third-order valence-corrected chi connectivity index (χ3v) is 4.22. The van der Waals surface area contributed by atoms with Crippen LogP contribution < -0.4 is 10.6 Å². The van der Waals surface area contributed by atoms with Crippen LogP contribution in [0, 0.1) is 5.92 Å². The number of anilines is 2. The summed E-state index contributed by atoms with van der Waals surface area (Å²) in [6.45, 7) is 4.96. The Morgan fingerprint density at radius 3 is 2.80 bits per heavy atom. The maximum absolute atomic E-state index is 12.5. The lowest BCUT2D eigenvalue weighted by molar-refractivity contribution is 0.0762. The lowest BCUT2D eigenvalue weighted by atomic mass is 10.0. The topological polar surface area (TPSA) is 64.6 Å². The van der Waals surface area contributed by atoms with Crippen molar-refractivity contribution in [2.45, 2.75) is 19.4 Å². The van der Waals surface area contributed by atoms with Crippen LogP contribution in [0.5, 0.6) is 0 Å². The van der Waals surface area contributed by atoms with Crippen molar-refractivity contribution in [3.05, 3.63) is 23.8 Å². The molecule has 1 fully saturated rings. The lowest BCUT2D eigenvalue weighted by Crippen LogP contribution is -2.30. The summed E-state index contributed by atoms with van der Waals surface area (Å²) in [6.07, 6.45) is 0.538. The van der Waals surface area contributed by atoms with Gasteiger partial charge in [0, 0.05) is 37.7 Å². The zero-order chi connectivity index (χ0) is 14.1. The Balaban J connectivity index is 1.74. The number of likely N-dealkylation sites (tertiary alicyclic amines) is 1. The van der Waals surface area contributed by atoms with Gasteiger partial charge in [-0.3, -0.25) is 4.79 Å². The highest BCUT2D eigenvalue weighted by Gasteiger charge is 2.29. The molecule has 5 nitrogen and oxygen atoms in total. The number of nitrogens with one attached hydrogen (secondary N) is 2. The zero-order valence-corrected chi connectivity index (χ0v) is 11.7. The molecule has 2 heterocycles. The minimum Gasteiger partial charge on any atom is -0.393 e. The number of benzene rings is 1. The third kappa shape index (κ3) is 2.45. The molecule has 1 amide bonds. The van der Waals surface area contributed by atoms with Gasteiger partial charge in [-0.1, -0.05) is 0 Å². The fraction of sp³-hybridized carbons (Fsp3) is 0.533. The predicted octanol–water partition coefficient (Wildman–Crippen LogP) is 1.37. The van der Waals surface area contributed by atoms with E-state index in [9.17, 15) is 9.90 Å². The van der Waals surface area contributed by atoms with Crippen molar-refractivity contribution in [3.63, 3.8) is 0 Å². The number of carbonyl (C=O) groups excluding carboxylic acids is 1. The molecule has 1 aromatic rings. The third-order valence-electron chi connectivity index (χ3n) is 4.22. The quantitative estimate of drug-likeness (QED) is 0.762. The minimum atomic E-state index is -0.345. The molecule has 0 saturated carbocycles. The van der Waals surface area contributed by atoms with Gasteiger partial charge in [0.15, 0.2) is 0 Å². The summed E-state index contributed by atoms with van der Waals surface area (Å²) in [5, 5.41) is 16.2. The van der Waals surface area contributed by atoms with Crippen molar-refractivity contribution in [1.29, 1.82) is 0 Å². The molecule has 108 valence electrons. The first kappa shape index (κ1) is 13.2.